The third-order valence-corrected chi connectivity index (χ3v) is 4.61. The van der Waals surface area contributed by atoms with Gasteiger partial charge in [0.25, 0.3) is 0 Å². The van der Waals surface area contributed by atoms with E-state index in [-0.39, 0.29) is 11.7 Å². The lowest BCUT2D eigenvalue weighted by molar-refractivity contribution is 0.595. The zero-order valence-corrected chi connectivity index (χ0v) is 12.5. The lowest BCUT2D eigenvalue weighted by atomic mass is 10.0. The Balaban J connectivity index is 2.06. The molecule has 1 atom stereocenters. The number of nitrogens with zero attached hydrogens (tertiary/aromatic N) is 1. The molecule has 2 aromatic rings. The van der Waals surface area contributed by atoms with Gasteiger partial charge in [0.05, 0.1) is 17.4 Å². The second-order valence-electron chi connectivity index (χ2n) is 4.88. The first-order valence-electron chi connectivity index (χ1n) is 6.56. The smallest absolute Gasteiger partial charge is 0.233 e. The fourth-order valence-electron chi connectivity index (χ4n) is 2.04. The van der Waals surface area contributed by atoms with Crippen molar-refractivity contribution in [2.24, 2.45) is 0 Å². The summed E-state index contributed by atoms with van der Waals surface area (Å²) in [6.07, 6.45) is 0. The highest BCUT2D eigenvalue weighted by Gasteiger charge is 2.17. The van der Waals surface area contributed by atoms with Crippen molar-refractivity contribution in [2.45, 2.75) is 12.8 Å². The van der Waals surface area contributed by atoms with E-state index in [0.29, 0.717) is 11.3 Å². The number of hydrogen-bond acceptors (Lipinski definition) is 3. The van der Waals surface area contributed by atoms with Crippen LogP contribution in [0.15, 0.2) is 54.6 Å². The fourth-order valence-corrected chi connectivity index (χ4v) is 3.47. The Kier molecular flexibility index (Phi) is 4.61. The van der Waals surface area contributed by atoms with Gasteiger partial charge in [-0.25, -0.2) is 8.42 Å². The van der Waals surface area contributed by atoms with Gasteiger partial charge < -0.3 is 0 Å². The van der Waals surface area contributed by atoms with Crippen molar-refractivity contribution in [2.75, 3.05) is 10.5 Å². The zero-order valence-electron chi connectivity index (χ0n) is 11.7. The maximum atomic E-state index is 12.2. The number of rotatable bonds is 5. The van der Waals surface area contributed by atoms with E-state index in [1.165, 1.54) is 0 Å². The van der Waals surface area contributed by atoms with Gasteiger partial charge in [0.1, 0.15) is 0 Å². The molecule has 0 spiro atoms. The Labute approximate surface area is 125 Å². The van der Waals surface area contributed by atoms with E-state index in [9.17, 15) is 8.42 Å². The summed E-state index contributed by atoms with van der Waals surface area (Å²) in [6.45, 7) is 1.88. The fraction of sp³-hybridized carbons (Fsp3) is 0.188. The third kappa shape index (κ3) is 4.33. The summed E-state index contributed by atoms with van der Waals surface area (Å²) in [7, 11) is -3.43. The molecule has 2 rings (SSSR count). The third-order valence-electron chi connectivity index (χ3n) is 3.13. The molecule has 21 heavy (non-hydrogen) atoms. The van der Waals surface area contributed by atoms with Gasteiger partial charge >= 0.3 is 0 Å². The Morgan fingerprint density at radius 2 is 1.71 bits per heavy atom. The molecule has 0 saturated heterocycles. The van der Waals surface area contributed by atoms with E-state index in [4.69, 9.17) is 5.26 Å². The molecule has 5 heteroatoms. The maximum Gasteiger partial charge on any atom is 0.233 e. The molecule has 0 radical (unpaired) electrons. The minimum atomic E-state index is -3.43. The van der Waals surface area contributed by atoms with E-state index >= 15 is 0 Å². The molecule has 1 unspecified atom stereocenters. The van der Waals surface area contributed by atoms with Crippen LogP contribution in [0.4, 0.5) is 5.69 Å². The molecule has 4 nitrogen and oxygen atoms in total. The summed E-state index contributed by atoms with van der Waals surface area (Å²) < 4.78 is 26.9. The maximum absolute atomic E-state index is 12.2. The minimum Gasteiger partial charge on any atom is -0.284 e. The largest absolute Gasteiger partial charge is 0.284 e. The molecule has 0 aliphatic heterocycles. The monoisotopic (exact) mass is 300 g/mol. The van der Waals surface area contributed by atoms with Crippen molar-refractivity contribution in [1.82, 2.24) is 0 Å². The average Bonchev–Trinajstić information content (AvgIpc) is 2.48. The zero-order chi connectivity index (χ0) is 15.3. The van der Waals surface area contributed by atoms with Crippen LogP contribution in [0.2, 0.25) is 0 Å². The number of anilines is 1. The Morgan fingerprint density at radius 1 is 1.10 bits per heavy atom. The highest BCUT2D eigenvalue weighted by Crippen LogP contribution is 2.18. The van der Waals surface area contributed by atoms with E-state index in [2.05, 4.69) is 4.72 Å². The summed E-state index contributed by atoms with van der Waals surface area (Å²) in [5, 5.41) is 8.72. The first kappa shape index (κ1) is 15.1. The standard InChI is InChI=1S/C16H16N2O2S/c1-13(15-5-3-2-4-6-15)12-21(19,20)18-16-9-7-14(11-17)8-10-16/h2-10,13,18H,12H2,1H3. The van der Waals surface area contributed by atoms with Crippen LogP contribution in [0, 0.1) is 11.3 Å². The van der Waals surface area contributed by atoms with Crippen LogP contribution in [0.3, 0.4) is 0 Å². The van der Waals surface area contributed by atoms with Gasteiger partial charge in [0.15, 0.2) is 0 Å². The molecule has 0 aliphatic rings. The lowest BCUT2D eigenvalue weighted by Crippen LogP contribution is -2.20. The van der Waals surface area contributed by atoms with Gasteiger partial charge in [-0.2, -0.15) is 5.26 Å². The Morgan fingerprint density at radius 3 is 2.29 bits per heavy atom. The summed E-state index contributed by atoms with van der Waals surface area (Å²) in [5.41, 5.74) is 1.95. The van der Waals surface area contributed by atoms with Crippen molar-refractivity contribution >= 4 is 15.7 Å². The van der Waals surface area contributed by atoms with Crippen molar-refractivity contribution < 1.29 is 8.42 Å². The minimum absolute atomic E-state index is 0.0109. The highest BCUT2D eigenvalue weighted by atomic mass is 32.2. The van der Waals surface area contributed by atoms with Gasteiger partial charge in [0.2, 0.25) is 10.0 Å². The summed E-state index contributed by atoms with van der Waals surface area (Å²) in [4.78, 5) is 0. The summed E-state index contributed by atoms with van der Waals surface area (Å²) in [5.74, 6) is -0.0844. The molecule has 0 aliphatic carbocycles. The number of benzene rings is 2. The van der Waals surface area contributed by atoms with Crippen LogP contribution in [0.1, 0.15) is 24.0 Å². The number of nitriles is 1. The summed E-state index contributed by atoms with van der Waals surface area (Å²) in [6, 6.07) is 17.9. The quantitative estimate of drug-likeness (QED) is 0.922. The number of nitrogens with one attached hydrogen (secondary N) is 1. The normalized spacial score (nSPS) is 12.4. The van der Waals surface area contributed by atoms with Gasteiger partial charge in [-0.3, -0.25) is 4.72 Å². The average molecular weight is 300 g/mol. The van der Waals surface area contributed by atoms with Gasteiger partial charge in [0, 0.05) is 5.69 Å². The van der Waals surface area contributed by atoms with Crippen LogP contribution in [0.5, 0.6) is 0 Å². The second-order valence-corrected chi connectivity index (χ2v) is 6.65. The molecule has 1 N–H and O–H groups in total. The van der Waals surface area contributed by atoms with Crippen LogP contribution in [-0.4, -0.2) is 14.2 Å². The molecular weight excluding hydrogens is 284 g/mol. The van der Waals surface area contributed by atoms with Crippen molar-refractivity contribution in [3.05, 3.63) is 65.7 Å². The van der Waals surface area contributed by atoms with Gasteiger partial charge in [-0.05, 0) is 35.7 Å². The van der Waals surface area contributed by atoms with Crippen LogP contribution in [-0.2, 0) is 10.0 Å². The van der Waals surface area contributed by atoms with Gasteiger partial charge in [-0.15, -0.1) is 0 Å². The predicted molar refractivity (Wildman–Crippen MR) is 83.4 cm³/mol. The van der Waals surface area contributed by atoms with E-state index < -0.39 is 10.0 Å². The molecule has 0 heterocycles. The van der Waals surface area contributed by atoms with Crippen molar-refractivity contribution in [1.29, 1.82) is 5.26 Å². The van der Waals surface area contributed by atoms with E-state index in [1.54, 1.807) is 24.3 Å². The van der Waals surface area contributed by atoms with E-state index in [1.807, 2.05) is 43.3 Å². The van der Waals surface area contributed by atoms with Crippen molar-refractivity contribution in [3.8, 4) is 6.07 Å². The topological polar surface area (TPSA) is 70.0 Å². The molecule has 0 saturated carbocycles. The Bertz CT molecular complexity index is 732. The highest BCUT2D eigenvalue weighted by molar-refractivity contribution is 7.92. The van der Waals surface area contributed by atoms with Gasteiger partial charge in [-0.1, -0.05) is 37.3 Å². The molecule has 2 aromatic carbocycles. The van der Waals surface area contributed by atoms with Crippen LogP contribution < -0.4 is 4.72 Å². The Hall–Kier alpha value is -2.32. The first-order valence-corrected chi connectivity index (χ1v) is 8.21. The van der Waals surface area contributed by atoms with E-state index in [0.717, 1.165) is 5.56 Å². The molecular formula is C16H16N2O2S. The lowest BCUT2D eigenvalue weighted by Gasteiger charge is -2.13. The predicted octanol–water partition coefficient (Wildman–Crippen LogP) is 3.10. The number of hydrogen-bond donors (Lipinski definition) is 1. The first-order chi connectivity index (χ1) is 10.00. The molecule has 108 valence electrons. The molecule has 0 amide bonds. The SMILES string of the molecule is CC(CS(=O)(=O)Nc1ccc(C#N)cc1)c1ccccc1. The van der Waals surface area contributed by atoms with Crippen LogP contribution in [0.25, 0.3) is 0 Å². The molecule has 0 aromatic heterocycles. The number of sulfonamides is 1. The summed E-state index contributed by atoms with van der Waals surface area (Å²) >= 11 is 0. The molecule has 0 bridgehead atoms. The van der Waals surface area contributed by atoms with Crippen molar-refractivity contribution in [3.63, 3.8) is 0 Å². The van der Waals surface area contributed by atoms with Crippen LogP contribution >= 0.6 is 0 Å². The second kappa shape index (κ2) is 6.42. The molecule has 0 fully saturated rings.